The van der Waals surface area contributed by atoms with Crippen molar-refractivity contribution in [3.63, 3.8) is 0 Å². The lowest BCUT2D eigenvalue weighted by Crippen LogP contribution is -2.12. The summed E-state index contributed by atoms with van der Waals surface area (Å²) in [6.07, 6.45) is 9.24. The maximum Gasteiger partial charge on any atom is 0.218 e. The van der Waals surface area contributed by atoms with Gasteiger partial charge in [0.25, 0.3) is 0 Å². The van der Waals surface area contributed by atoms with Crippen molar-refractivity contribution in [2.75, 3.05) is 5.73 Å². The van der Waals surface area contributed by atoms with Crippen LogP contribution in [-0.4, -0.2) is 14.8 Å². The van der Waals surface area contributed by atoms with Gasteiger partial charge in [-0.3, -0.25) is 0 Å². The first-order chi connectivity index (χ1) is 6.38. The van der Waals surface area contributed by atoms with Gasteiger partial charge in [0, 0.05) is 0 Å². The van der Waals surface area contributed by atoms with E-state index in [0.717, 1.165) is 0 Å². The summed E-state index contributed by atoms with van der Waals surface area (Å²) in [7, 11) is 0. The zero-order chi connectivity index (χ0) is 9.10. The second kappa shape index (κ2) is 3.77. The molecule has 72 valence electrons. The fourth-order valence-electron chi connectivity index (χ4n) is 2.04. The summed E-state index contributed by atoms with van der Waals surface area (Å²) < 4.78 is 1.88. The smallest absolute Gasteiger partial charge is 0.218 e. The first-order valence-electron chi connectivity index (χ1n) is 5.03. The van der Waals surface area contributed by atoms with Crippen LogP contribution in [0.25, 0.3) is 0 Å². The van der Waals surface area contributed by atoms with Crippen LogP contribution in [0.2, 0.25) is 0 Å². The van der Waals surface area contributed by atoms with E-state index in [0.29, 0.717) is 12.0 Å². The summed E-state index contributed by atoms with van der Waals surface area (Å²) in [6, 6.07) is 0.491. The molecular formula is C9H16N4. The molecule has 4 nitrogen and oxygen atoms in total. The van der Waals surface area contributed by atoms with E-state index in [1.165, 1.54) is 38.5 Å². The Labute approximate surface area is 78.1 Å². The van der Waals surface area contributed by atoms with E-state index in [1.807, 2.05) is 4.68 Å². The molecule has 2 rings (SSSR count). The van der Waals surface area contributed by atoms with Crippen LogP contribution in [0.15, 0.2) is 6.33 Å². The monoisotopic (exact) mass is 180 g/mol. The van der Waals surface area contributed by atoms with Gasteiger partial charge in [-0.2, -0.15) is 5.10 Å². The quantitative estimate of drug-likeness (QED) is 0.670. The zero-order valence-corrected chi connectivity index (χ0v) is 7.82. The Morgan fingerprint density at radius 1 is 1.23 bits per heavy atom. The Morgan fingerprint density at radius 2 is 1.92 bits per heavy atom. The number of anilines is 1. The van der Waals surface area contributed by atoms with Crippen molar-refractivity contribution in [3.8, 4) is 0 Å². The molecule has 0 atom stereocenters. The van der Waals surface area contributed by atoms with Gasteiger partial charge < -0.3 is 5.73 Å². The minimum atomic E-state index is 0.491. The number of hydrogen-bond acceptors (Lipinski definition) is 3. The number of nitrogens with zero attached hydrogens (tertiary/aromatic N) is 3. The fourth-order valence-corrected chi connectivity index (χ4v) is 2.04. The van der Waals surface area contributed by atoms with Crippen LogP contribution in [0.3, 0.4) is 0 Å². The Hall–Kier alpha value is -1.06. The third-order valence-corrected chi connectivity index (χ3v) is 2.77. The first kappa shape index (κ1) is 8.53. The SMILES string of the molecule is Nc1ncnn1C1CCCCCC1. The van der Waals surface area contributed by atoms with Crippen molar-refractivity contribution < 1.29 is 0 Å². The van der Waals surface area contributed by atoms with Gasteiger partial charge in [0.15, 0.2) is 0 Å². The molecule has 1 aromatic rings. The molecule has 0 amide bonds. The lowest BCUT2D eigenvalue weighted by atomic mass is 10.1. The summed E-state index contributed by atoms with van der Waals surface area (Å²) in [5, 5.41) is 4.16. The third-order valence-electron chi connectivity index (χ3n) is 2.77. The molecular weight excluding hydrogens is 164 g/mol. The molecule has 2 N–H and O–H groups in total. The molecule has 0 saturated heterocycles. The van der Waals surface area contributed by atoms with Gasteiger partial charge in [0.2, 0.25) is 5.95 Å². The molecule has 13 heavy (non-hydrogen) atoms. The predicted molar refractivity (Wildman–Crippen MR) is 51.2 cm³/mol. The number of nitrogen functional groups attached to an aromatic ring is 1. The van der Waals surface area contributed by atoms with Crippen molar-refractivity contribution >= 4 is 5.95 Å². The molecule has 1 fully saturated rings. The van der Waals surface area contributed by atoms with Gasteiger partial charge in [0.05, 0.1) is 6.04 Å². The van der Waals surface area contributed by atoms with Crippen LogP contribution in [-0.2, 0) is 0 Å². The summed E-state index contributed by atoms with van der Waals surface area (Å²) in [5.41, 5.74) is 5.71. The molecule has 1 heterocycles. The van der Waals surface area contributed by atoms with Gasteiger partial charge in [-0.05, 0) is 12.8 Å². The van der Waals surface area contributed by atoms with Gasteiger partial charge in [-0.1, -0.05) is 25.7 Å². The van der Waals surface area contributed by atoms with E-state index in [4.69, 9.17) is 5.73 Å². The summed E-state index contributed by atoms with van der Waals surface area (Å²) in [4.78, 5) is 3.95. The minimum Gasteiger partial charge on any atom is -0.368 e. The van der Waals surface area contributed by atoms with Crippen LogP contribution in [0.1, 0.15) is 44.6 Å². The molecule has 0 radical (unpaired) electrons. The van der Waals surface area contributed by atoms with Gasteiger partial charge in [-0.25, -0.2) is 9.67 Å². The third kappa shape index (κ3) is 1.82. The molecule has 0 aromatic carbocycles. The molecule has 0 bridgehead atoms. The molecule has 0 aliphatic heterocycles. The molecule has 1 saturated carbocycles. The molecule has 1 aliphatic carbocycles. The molecule has 1 aromatic heterocycles. The van der Waals surface area contributed by atoms with E-state index in [1.54, 1.807) is 6.33 Å². The maximum atomic E-state index is 5.71. The van der Waals surface area contributed by atoms with Gasteiger partial charge in [-0.15, -0.1) is 0 Å². The minimum absolute atomic E-state index is 0.491. The lowest BCUT2D eigenvalue weighted by molar-refractivity contribution is 0.410. The largest absolute Gasteiger partial charge is 0.368 e. The van der Waals surface area contributed by atoms with Crippen molar-refractivity contribution in [1.29, 1.82) is 0 Å². The van der Waals surface area contributed by atoms with Crippen molar-refractivity contribution in [1.82, 2.24) is 14.8 Å². The topological polar surface area (TPSA) is 56.7 Å². The predicted octanol–water partition coefficient (Wildman–Crippen LogP) is 1.76. The Morgan fingerprint density at radius 3 is 2.46 bits per heavy atom. The molecule has 0 spiro atoms. The standard InChI is InChI=1S/C9H16N4/c10-9-11-7-12-13(9)8-5-3-1-2-4-6-8/h7-8H,1-6H2,(H2,10,11,12). The lowest BCUT2D eigenvalue weighted by Gasteiger charge is -2.14. The Bertz CT molecular complexity index is 260. The highest BCUT2D eigenvalue weighted by atomic mass is 15.4. The Balaban J connectivity index is 2.10. The highest BCUT2D eigenvalue weighted by Crippen LogP contribution is 2.27. The molecule has 1 aliphatic rings. The highest BCUT2D eigenvalue weighted by Gasteiger charge is 2.16. The first-order valence-corrected chi connectivity index (χ1v) is 5.03. The van der Waals surface area contributed by atoms with Crippen LogP contribution in [0.4, 0.5) is 5.95 Å². The fraction of sp³-hybridized carbons (Fsp3) is 0.778. The number of aromatic nitrogens is 3. The second-order valence-electron chi connectivity index (χ2n) is 3.71. The van der Waals surface area contributed by atoms with E-state index in [2.05, 4.69) is 10.1 Å². The van der Waals surface area contributed by atoms with Crippen molar-refractivity contribution in [2.24, 2.45) is 0 Å². The molecule has 0 unspecified atom stereocenters. The van der Waals surface area contributed by atoms with Crippen molar-refractivity contribution in [3.05, 3.63) is 6.33 Å². The molecule has 4 heteroatoms. The number of hydrogen-bond donors (Lipinski definition) is 1. The normalized spacial score (nSPS) is 20.0. The number of nitrogens with two attached hydrogens (primary N) is 1. The number of rotatable bonds is 1. The average molecular weight is 180 g/mol. The van der Waals surface area contributed by atoms with E-state index >= 15 is 0 Å². The second-order valence-corrected chi connectivity index (χ2v) is 3.71. The Kier molecular flexibility index (Phi) is 2.47. The average Bonchev–Trinajstić information content (AvgIpc) is 2.43. The van der Waals surface area contributed by atoms with Crippen LogP contribution in [0.5, 0.6) is 0 Å². The van der Waals surface area contributed by atoms with E-state index in [9.17, 15) is 0 Å². The van der Waals surface area contributed by atoms with Crippen LogP contribution in [0, 0.1) is 0 Å². The van der Waals surface area contributed by atoms with E-state index in [-0.39, 0.29) is 0 Å². The zero-order valence-electron chi connectivity index (χ0n) is 7.82. The highest BCUT2D eigenvalue weighted by molar-refractivity contribution is 5.13. The van der Waals surface area contributed by atoms with Crippen molar-refractivity contribution in [2.45, 2.75) is 44.6 Å². The maximum absolute atomic E-state index is 5.71. The van der Waals surface area contributed by atoms with E-state index < -0.39 is 0 Å². The van der Waals surface area contributed by atoms with Crippen LogP contribution < -0.4 is 5.73 Å². The van der Waals surface area contributed by atoms with Crippen LogP contribution >= 0.6 is 0 Å². The summed E-state index contributed by atoms with van der Waals surface area (Å²) in [5.74, 6) is 0.562. The van der Waals surface area contributed by atoms with Gasteiger partial charge in [0.1, 0.15) is 6.33 Å². The van der Waals surface area contributed by atoms with Gasteiger partial charge >= 0.3 is 0 Å². The summed E-state index contributed by atoms with van der Waals surface area (Å²) >= 11 is 0. The summed E-state index contributed by atoms with van der Waals surface area (Å²) in [6.45, 7) is 0.